The molecule has 0 aliphatic heterocycles. The van der Waals surface area contributed by atoms with E-state index in [1.807, 2.05) is 6.92 Å². The summed E-state index contributed by atoms with van der Waals surface area (Å²) in [4.78, 5) is 0.237. The lowest BCUT2D eigenvalue weighted by Gasteiger charge is -2.22. The van der Waals surface area contributed by atoms with E-state index in [0.717, 1.165) is 5.56 Å². The molecule has 0 unspecified atom stereocenters. The van der Waals surface area contributed by atoms with Gasteiger partial charge in [-0.15, -0.1) is 0 Å². The van der Waals surface area contributed by atoms with Crippen molar-refractivity contribution in [2.75, 3.05) is 0 Å². The summed E-state index contributed by atoms with van der Waals surface area (Å²) in [6, 6.07) is 3.32. The van der Waals surface area contributed by atoms with Crippen LogP contribution in [0.1, 0.15) is 37.5 Å². The van der Waals surface area contributed by atoms with Gasteiger partial charge < -0.3 is 5.11 Å². The highest BCUT2D eigenvalue weighted by molar-refractivity contribution is 7.89. The average Bonchev–Trinajstić information content (AvgIpc) is 2.17. The zero-order valence-corrected chi connectivity index (χ0v) is 12.4. The Balaban J connectivity index is 3.36. The van der Waals surface area contributed by atoms with Gasteiger partial charge >= 0.3 is 0 Å². The smallest absolute Gasteiger partial charge is 0.241 e. The molecule has 0 fully saturated rings. The topological polar surface area (TPSA) is 66.4 Å². The highest BCUT2D eigenvalue weighted by Gasteiger charge is 2.24. The van der Waals surface area contributed by atoms with Gasteiger partial charge in [0.25, 0.3) is 0 Å². The van der Waals surface area contributed by atoms with Crippen LogP contribution in [0.2, 0.25) is 0 Å². The van der Waals surface area contributed by atoms with Crippen LogP contribution in [0.15, 0.2) is 17.0 Å². The first-order chi connectivity index (χ1) is 8.07. The van der Waals surface area contributed by atoms with E-state index < -0.39 is 15.6 Å². The molecule has 5 heteroatoms. The van der Waals surface area contributed by atoms with Crippen molar-refractivity contribution in [3.05, 3.63) is 28.8 Å². The van der Waals surface area contributed by atoms with Crippen molar-refractivity contribution < 1.29 is 13.5 Å². The second-order valence-electron chi connectivity index (χ2n) is 5.55. The van der Waals surface area contributed by atoms with Crippen molar-refractivity contribution in [3.8, 4) is 0 Å². The maximum atomic E-state index is 12.3. The Labute approximate surface area is 109 Å². The number of hydrogen-bond acceptors (Lipinski definition) is 3. The lowest BCUT2D eigenvalue weighted by molar-refractivity contribution is 0.281. The van der Waals surface area contributed by atoms with Crippen molar-refractivity contribution in [2.24, 2.45) is 0 Å². The molecule has 102 valence electrons. The van der Waals surface area contributed by atoms with E-state index in [-0.39, 0.29) is 11.5 Å². The molecule has 0 spiro atoms. The maximum Gasteiger partial charge on any atom is 0.241 e. The second kappa shape index (κ2) is 4.99. The Morgan fingerprint density at radius 1 is 1.22 bits per heavy atom. The molecule has 0 saturated heterocycles. The zero-order chi connectivity index (χ0) is 14.1. The molecule has 0 atom stereocenters. The molecule has 1 rings (SSSR count). The molecule has 0 aromatic heterocycles. The lowest BCUT2D eigenvalue weighted by atomic mass is 10.1. The fourth-order valence-electron chi connectivity index (χ4n) is 1.73. The maximum absolute atomic E-state index is 12.3. The van der Waals surface area contributed by atoms with Crippen molar-refractivity contribution in [2.45, 2.75) is 51.7 Å². The Bertz CT molecular complexity index is 542. The number of aryl methyl sites for hydroxylation is 1. The van der Waals surface area contributed by atoms with Crippen LogP contribution in [0.3, 0.4) is 0 Å². The second-order valence-corrected chi connectivity index (χ2v) is 7.20. The Hall–Kier alpha value is -0.910. The summed E-state index contributed by atoms with van der Waals surface area (Å²) >= 11 is 0. The third kappa shape index (κ3) is 3.54. The Morgan fingerprint density at radius 3 is 2.22 bits per heavy atom. The van der Waals surface area contributed by atoms with E-state index in [2.05, 4.69) is 4.72 Å². The molecule has 1 aromatic rings. The number of aliphatic hydroxyl groups excluding tert-OH is 1. The van der Waals surface area contributed by atoms with Crippen LogP contribution in [-0.2, 0) is 16.6 Å². The summed E-state index contributed by atoms with van der Waals surface area (Å²) in [6.45, 7) is 8.82. The minimum absolute atomic E-state index is 0.168. The third-order valence-electron chi connectivity index (χ3n) is 2.59. The summed E-state index contributed by atoms with van der Waals surface area (Å²) in [7, 11) is -3.56. The minimum Gasteiger partial charge on any atom is -0.392 e. The number of rotatable bonds is 3. The molecular weight excluding hydrogens is 250 g/mol. The monoisotopic (exact) mass is 271 g/mol. The number of sulfonamides is 1. The summed E-state index contributed by atoms with van der Waals surface area (Å²) < 4.78 is 27.2. The third-order valence-corrected chi connectivity index (χ3v) is 4.48. The van der Waals surface area contributed by atoms with Gasteiger partial charge in [-0.3, -0.25) is 0 Å². The highest BCUT2D eigenvalue weighted by atomic mass is 32.2. The van der Waals surface area contributed by atoms with Gasteiger partial charge in [-0.1, -0.05) is 6.07 Å². The SMILES string of the molecule is Cc1cc(CO)cc(S(=O)(=O)NC(C)(C)C)c1C. The molecule has 0 amide bonds. The van der Waals surface area contributed by atoms with Crippen molar-refractivity contribution in [3.63, 3.8) is 0 Å². The number of benzene rings is 1. The van der Waals surface area contributed by atoms with Crippen molar-refractivity contribution in [1.29, 1.82) is 0 Å². The summed E-state index contributed by atoms with van der Waals surface area (Å²) in [5.41, 5.74) is 1.64. The first kappa shape index (κ1) is 15.1. The molecule has 1 aromatic carbocycles. The zero-order valence-electron chi connectivity index (χ0n) is 11.5. The van der Waals surface area contributed by atoms with Crippen LogP contribution in [0.5, 0.6) is 0 Å². The van der Waals surface area contributed by atoms with Crippen LogP contribution in [-0.4, -0.2) is 19.1 Å². The van der Waals surface area contributed by atoms with Gasteiger partial charge in [-0.2, -0.15) is 0 Å². The first-order valence-electron chi connectivity index (χ1n) is 5.82. The van der Waals surface area contributed by atoms with E-state index in [4.69, 9.17) is 5.11 Å². The summed E-state index contributed by atoms with van der Waals surface area (Å²) in [5, 5.41) is 9.16. The average molecular weight is 271 g/mol. The molecule has 0 bridgehead atoms. The predicted octanol–water partition coefficient (Wildman–Crippen LogP) is 1.87. The van der Waals surface area contributed by atoms with Crippen LogP contribution in [0.4, 0.5) is 0 Å². The minimum atomic E-state index is -3.56. The predicted molar refractivity (Wildman–Crippen MR) is 71.9 cm³/mol. The van der Waals surface area contributed by atoms with Gasteiger partial charge in [0.1, 0.15) is 0 Å². The summed E-state index contributed by atoms with van der Waals surface area (Å²) in [5.74, 6) is 0. The van der Waals surface area contributed by atoms with Gasteiger partial charge in [0, 0.05) is 5.54 Å². The van der Waals surface area contributed by atoms with E-state index in [0.29, 0.717) is 11.1 Å². The first-order valence-corrected chi connectivity index (χ1v) is 7.30. The molecule has 2 N–H and O–H groups in total. The molecule has 0 saturated carbocycles. The van der Waals surface area contributed by atoms with E-state index >= 15 is 0 Å². The number of nitrogens with one attached hydrogen (secondary N) is 1. The quantitative estimate of drug-likeness (QED) is 0.882. The molecule has 18 heavy (non-hydrogen) atoms. The molecular formula is C13H21NO3S. The fraction of sp³-hybridized carbons (Fsp3) is 0.538. The summed E-state index contributed by atoms with van der Waals surface area (Å²) in [6.07, 6.45) is 0. The largest absolute Gasteiger partial charge is 0.392 e. The van der Waals surface area contributed by atoms with Crippen LogP contribution in [0.25, 0.3) is 0 Å². The van der Waals surface area contributed by atoms with Gasteiger partial charge in [-0.25, -0.2) is 13.1 Å². The van der Waals surface area contributed by atoms with Crippen molar-refractivity contribution >= 4 is 10.0 Å². The van der Waals surface area contributed by atoms with E-state index in [1.165, 1.54) is 6.07 Å². The number of aliphatic hydroxyl groups is 1. The standard InChI is InChI=1S/C13H21NO3S/c1-9-6-11(8-15)7-12(10(9)2)18(16,17)14-13(3,4)5/h6-7,14-15H,8H2,1-5H3. The lowest BCUT2D eigenvalue weighted by Crippen LogP contribution is -2.40. The van der Waals surface area contributed by atoms with Gasteiger partial charge in [0.2, 0.25) is 10.0 Å². The molecule has 0 heterocycles. The van der Waals surface area contributed by atoms with Crippen molar-refractivity contribution in [1.82, 2.24) is 4.72 Å². The van der Waals surface area contributed by atoms with Crippen LogP contribution in [0, 0.1) is 13.8 Å². The fourth-order valence-corrected chi connectivity index (χ4v) is 3.51. The molecule has 0 aliphatic carbocycles. The highest BCUT2D eigenvalue weighted by Crippen LogP contribution is 2.22. The number of hydrogen-bond donors (Lipinski definition) is 2. The Kier molecular flexibility index (Phi) is 4.20. The van der Waals surface area contributed by atoms with Gasteiger partial charge in [0.05, 0.1) is 11.5 Å². The van der Waals surface area contributed by atoms with Crippen LogP contribution < -0.4 is 4.72 Å². The normalized spacial score (nSPS) is 12.8. The van der Waals surface area contributed by atoms with Crippen LogP contribution >= 0.6 is 0 Å². The Morgan fingerprint density at radius 2 is 1.78 bits per heavy atom. The van der Waals surface area contributed by atoms with E-state index in [9.17, 15) is 8.42 Å². The molecule has 4 nitrogen and oxygen atoms in total. The molecule has 0 aliphatic rings. The van der Waals surface area contributed by atoms with Gasteiger partial charge in [0.15, 0.2) is 0 Å². The van der Waals surface area contributed by atoms with Gasteiger partial charge in [-0.05, 0) is 57.4 Å². The van der Waals surface area contributed by atoms with E-state index in [1.54, 1.807) is 33.8 Å². The molecule has 0 radical (unpaired) electrons.